The highest BCUT2D eigenvalue weighted by atomic mass is 35.5. The van der Waals surface area contributed by atoms with Gasteiger partial charge in [0.2, 0.25) is 0 Å². The summed E-state index contributed by atoms with van der Waals surface area (Å²) >= 11 is 5.76. The van der Waals surface area contributed by atoms with Gasteiger partial charge >= 0.3 is 5.97 Å². The normalized spacial score (nSPS) is 11.0. The fourth-order valence-electron chi connectivity index (χ4n) is 1.92. The summed E-state index contributed by atoms with van der Waals surface area (Å²) in [7, 11) is 0. The summed E-state index contributed by atoms with van der Waals surface area (Å²) in [5.74, 6) is -1.16. The summed E-state index contributed by atoms with van der Waals surface area (Å²) in [6.45, 7) is 0. The molecule has 2 rings (SSSR count). The number of nitro benzene ring substituents is 2. The molecule has 0 aliphatic carbocycles. The average molecular weight is 379 g/mol. The third-order valence-corrected chi connectivity index (χ3v) is 3.36. The molecule has 0 aromatic heterocycles. The van der Waals surface area contributed by atoms with Gasteiger partial charge in [0.15, 0.2) is 0 Å². The minimum absolute atomic E-state index is 0.0411. The molecule has 0 bridgehead atoms. The number of halogens is 1. The van der Waals surface area contributed by atoms with Crippen LogP contribution in [0.4, 0.5) is 11.4 Å². The van der Waals surface area contributed by atoms with Crippen molar-refractivity contribution >= 4 is 34.8 Å². The molecule has 2 aromatic rings. The molecule has 0 radical (unpaired) electrons. The molecule has 0 atom stereocenters. The Hall–Kier alpha value is -3.53. The topological polar surface area (TPSA) is 151 Å². The van der Waals surface area contributed by atoms with Gasteiger partial charge < -0.3 is 10.6 Å². The lowest BCUT2D eigenvalue weighted by Gasteiger charge is -2.02. The molecule has 0 saturated heterocycles. The molecule has 0 heterocycles. The first kappa shape index (κ1) is 18.8. The van der Waals surface area contributed by atoms with Gasteiger partial charge in [0, 0.05) is 23.6 Å². The summed E-state index contributed by atoms with van der Waals surface area (Å²) in [6, 6.07) is 9.14. The summed E-state index contributed by atoms with van der Waals surface area (Å²) in [4.78, 5) is 36.5. The van der Waals surface area contributed by atoms with Crippen molar-refractivity contribution in [1.82, 2.24) is 0 Å². The highest BCUT2D eigenvalue weighted by Crippen LogP contribution is 2.23. The Bertz CT molecular complexity index is 865. The first-order valence-electron chi connectivity index (χ1n) is 6.98. The number of nitrogens with zero attached hydrogens (tertiary/aromatic N) is 3. The number of nitrogens with two attached hydrogens (primary N) is 1. The Morgan fingerprint density at radius 3 is 2.12 bits per heavy atom. The van der Waals surface area contributed by atoms with Crippen molar-refractivity contribution in [3.63, 3.8) is 0 Å². The number of hydrogen-bond donors (Lipinski definition) is 1. The monoisotopic (exact) mass is 378 g/mol. The predicted octanol–water partition coefficient (Wildman–Crippen LogP) is 2.83. The van der Waals surface area contributed by atoms with E-state index in [1.165, 1.54) is 0 Å². The lowest BCUT2D eigenvalue weighted by atomic mass is 10.1. The van der Waals surface area contributed by atoms with Crippen LogP contribution >= 0.6 is 11.6 Å². The third-order valence-electron chi connectivity index (χ3n) is 3.10. The number of benzene rings is 2. The maximum Gasteiger partial charge on any atom is 0.366 e. The van der Waals surface area contributed by atoms with Crippen LogP contribution in [0.15, 0.2) is 47.6 Å². The average Bonchev–Trinajstić information content (AvgIpc) is 2.61. The Balaban J connectivity index is 2.14. The zero-order chi connectivity index (χ0) is 19.3. The Morgan fingerprint density at radius 2 is 1.62 bits per heavy atom. The van der Waals surface area contributed by atoms with Crippen LogP contribution in [0.5, 0.6) is 0 Å². The van der Waals surface area contributed by atoms with Gasteiger partial charge in [0.1, 0.15) is 5.84 Å². The molecule has 26 heavy (non-hydrogen) atoms. The van der Waals surface area contributed by atoms with Crippen LogP contribution in [0.1, 0.15) is 15.9 Å². The van der Waals surface area contributed by atoms with Crippen molar-refractivity contribution < 1.29 is 19.5 Å². The standard InChI is InChI=1S/C15H11ClN4O6/c16-11-3-1-9(2-4-11)5-14(17)18-26-15(21)10-6-12(19(22)23)8-13(7-10)20(24)25/h1-4,6-8H,5H2,(H2,17,18). The lowest BCUT2D eigenvalue weighted by molar-refractivity contribution is -0.394. The second-order valence-corrected chi connectivity index (χ2v) is 5.45. The molecule has 134 valence electrons. The van der Waals surface area contributed by atoms with Crippen LogP contribution in [-0.2, 0) is 11.3 Å². The van der Waals surface area contributed by atoms with Gasteiger partial charge in [-0.1, -0.05) is 28.9 Å². The summed E-state index contributed by atoms with van der Waals surface area (Å²) in [6.07, 6.45) is 0.166. The molecular weight excluding hydrogens is 368 g/mol. The van der Waals surface area contributed by atoms with Crippen LogP contribution < -0.4 is 5.73 Å². The molecule has 11 heteroatoms. The number of hydrogen-bond acceptors (Lipinski definition) is 7. The molecular formula is C15H11ClN4O6. The molecule has 0 aliphatic rings. The number of carbonyl (C=O) groups excluding carboxylic acids is 1. The molecule has 0 unspecified atom stereocenters. The van der Waals surface area contributed by atoms with E-state index in [-0.39, 0.29) is 12.3 Å². The van der Waals surface area contributed by atoms with Crippen molar-refractivity contribution in [3.8, 4) is 0 Å². The maximum absolute atomic E-state index is 11.9. The zero-order valence-electron chi connectivity index (χ0n) is 13.0. The van der Waals surface area contributed by atoms with Crippen molar-refractivity contribution in [2.75, 3.05) is 0 Å². The predicted molar refractivity (Wildman–Crippen MR) is 91.9 cm³/mol. The smallest absolute Gasteiger partial charge is 0.366 e. The molecule has 10 nitrogen and oxygen atoms in total. The minimum Gasteiger partial charge on any atom is -0.384 e. The van der Waals surface area contributed by atoms with Crippen LogP contribution in [0.3, 0.4) is 0 Å². The number of non-ortho nitro benzene ring substituents is 2. The van der Waals surface area contributed by atoms with Gasteiger partial charge in [-0.05, 0) is 17.7 Å². The number of amidine groups is 1. The SMILES string of the molecule is N/C(Cc1ccc(Cl)cc1)=N\OC(=O)c1cc([N+](=O)[O-])cc([N+](=O)[O-])c1. The van der Waals surface area contributed by atoms with Crippen LogP contribution in [0.25, 0.3) is 0 Å². The van der Waals surface area contributed by atoms with Gasteiger partial charge in [-0.15, -0.1) is 0 Å². The third kappa shape index (κ3) is 4.98. The van der Waals surface area contributed by atoms with Crippen molar-refractivity contribution in [2.24, 2.45) is 10.9 Å². The number of carbonyl (C=O) groups is 1. The van der Waals surface area contributed by atoms with E-state index in [9.17, 15) is 25.0 Å². The van der Waals surface area contributed by atoms with E-state index in [1.807, 2.05) is 0 Å². The molecule has 0 spiro atoms. The first-order valence-corrected chi connectivity index (χ1v) is 7.36. The highest BCUT2D eigenvalue weighted by Gasteiger charge is 2.21. The second-order valence-electron chi connectivity index (χ2n) is 5.02. The van der Waals surface area contributed by atoms with E-state index in [0.717, 1.165) is 23.8 Å². The molecule has 0 fully saturated rings. The number of rotatable bonds is 6. The van der Waals surface area contributed by atoms with Crippen LogP contribution in [-0.4, -0.2) is 21.7 Å². The van der Waals surface area contributed by atoms with E-state index in [4.69, 9.17) is 17.3 Å². The van der Waals surface area contributed by atoms with Gasteiger partial charge in [0.05, 0.1) is 21.5 Å². The second kappa shape index (κ2) is 8.03. The Kier molecular flexibility index (Phi) is 5.81. The molecule has 0 aliphatic heterocycles. The van der Waals surface area contributed by atoms with Crippen LogP contribution in [0.2, 0.25) is 5.02 Å². The summed E-state index contributed by atoms with van der Waals surface area (Å²) < 4.78 is 0. The zero-order valence-corrected chi connectivity index (χ0v) is 13.8. The quantitative estimate of drug-likeness (QED) is 0.266. The van der Waals surface area contributed by atoms with E-state index in [0.29, 0.717) is 5.02 Å². The summed E-state index contributed by atoms with van der Waals surface area (Å²) in [5, 5.41) is 25.6. The molecule has 0 amide bonds. The van der Waals surface area contributed by atoms with E-state index in [1.54, 1.807) is 24.3 Å². The Labute approximate surface area is 151 Å². The summed E-state index contributed by atoms with van der Waals surface area (Å²) in [5.41, 5.74) is 4.77. The maximum atomic E-state index is 11.9. The molecule has 0 saturated carbocycles. The van der Waals surface area contributed by atoms with Crippen molar-refractivity contribution in [3.05, 3.63) is 78.8 Å². The van der Waals surface area contributed by atoms with Crippen molar-refractivity contribution in [2.45, 2.75) is 6.42 Å². The van der Waals surface area contributed by atoms with Gasteiger partial charge in [-0.2, -0.15) is 0 Å². The highest BCUT2D eigenvalue weighted by molar-refractivity contribution is 6.30. The van der Waals surface area contributed by atoms with Gasteiger partial charge in [0.25, 0.3) is 11.4 Å². The minimum atomic E-state index is -1.11. The van der Waals surface area contributed by atoms with Gasteiger partial charge in [-0.3, -0.25) is 20.2 Å². The van der Waals surface area contributed by atoms with Crippen LogP contribution in [0, 0.1) is 20.2 Å². The first-order chi connectivity index (χ1) is 12.3. The van der Waals surface area contributed by atoms with Gasteiger partial charge in [-0.25, -0.2) is 4.79 Å². The fraction of sp³-hybridized carbons (Fsp3) is 0.0667. The molecule has 2 aromatic carbocycles. The fourth-order valence-corrected chi connectivity index (χ4v) is 2.05. The largest absolute Gasteiger partial charge is 0.384 e. The number of oxime groups is 1. The van der Waals surface area contributed by atoms with E-state index < -0.39 is 32.8 Å². The van der Waals surface area contributed by atoms with E-state index in [2.05, 4.69) is 9.99 Å². The van der Waals surface area contributed by atoms with E-state index >= 15 is 0 Å². The lowest BCUT2D eigenvalue weighted by Crippen LogP contribution is -2.16. The molecule has 2 N–H and O–H groups in total. The van der Waals surface area contributed by atoms with Crippen molar-refractivity contribution in [1.29, 1.82) is 0 Å². The Morgan fingerprint density at radius 1 is 1.08 bits per heavy atom. The number of nitro groups is 2.